The molecule has 0 aromatic heterocycles. The van der Waals surface area contributed by atoms with Gasteiger partial charge < -0.3 is 4.74 Å². The van der Waals surface area contributed by atoms with E-state index in [0.29, 0.717) is 31.6 Å². The average Bonchev–Trinajstić information content (AvgIpc) is 2.85. The Balaban J connectivity index is 1.88. The highest BCUT2D eigenvalue weighted by Crippen LogP contribution is 2.37. The van der Waals surface area contributed by atoms with E-state index >= 15 is 0 Å². The minimum atomic E-state index is -0.176. The molecule has 128 valence electrons. The van der Waals surface area contributed by atoms with E-state index < -0.39 is 0 Å². The van der Waals surface area contributed by atoms with Crippen molar-refractivity contribution in [3.05, 3.63) is 63.0 Å². The highest BCUT2D eigenvalue weighted by molar-refractivity contribution is 8.27. The van der Waals surface area contributed by atoms with Crippen LogP contribution >= 0.6 is 47.2 Å². The molecule has 1 heterocycles. The Morgan fingerprint density at radius 1 is 1.20 bits per heavy atom. The minimum Gasteiger partial charge on any atom is -0.494 e. The molecule has 0 aliphatic carbocycles. The van der Waals surface area contributed by atoms with Crippen LogP contribution in [0.1, 0.15) is 12.5 Å². The second-order valence-corrected chi connectivity index (χ2v) is 7.63. The number of hydrogen-bond acceptors (Lipinski definition) is 4. The van der Waals surface area contributed by atoms with Gasteiger partial charge in [0, 0.05) is 10.0 Å². The quantitative estimate of drug-likeness (QED) is 0.471. The molecule has 0 saturated carbocycles. The third-order valence-electron chi connectivity index (χ3n) is 3.45. The van der Waals surface area contributed by atoms with Crippen molar-refractivity contribution in [2.45, 2.75) is 6.92 Å². The van der Waals surface area contributed by atoms with Gasteiger partial charge in [-0.1, -0.05) is 53.2 Å². The zero-order chi connectivity index (χ0) is 18.0. The first-order valence-electron chi connectivity index (χ1n) is 7.45. The molecule has 1 saturated heterocycles. The largest absolute Gasteiger partial charge is 0.494 e. The molecule has 1 aliphatic rings. The van der Waals surface area contributed by atoms with E-state index in [1.165, 1.54) is 16.7 Å². The normalized spacial score (nSPS) is 16.0. The number of rotatable bonds is 4. The molecule has 2 aromatic rings. The summed E-state index contributed by atoms with van der Waals surface area (Å²) in [5.74, 6) is 0.574. The third-order valence-corrected chi connectivity index (χ3v) is 5.31. The first kappa shape index (κ1) is 18.3. The Morgan fingerprint density at radius 2 is 1.92 bits per heavy atom. The van der Waals surface area contributed by atoms with Gasteiger partial charge in [0.25, 0.3) is 5.91 Å². The number of carbonyl (C=O) groups excluding carboxylic acids is 1. The number of benzene rings is 2. The number of hydrogen-bond donors (Lipinski definition) is 0. The predicted octanol–water partition coefficient (Wildman–Crippen LogP) is 5.80. The first-order valence-corrected chi connectivity index (χ1v) is 9.43. The van der Waals surface area contributed by atoms with Crippen molar-refractivity contribution in [2.75, 3.05) is 11.5 Å². The summed E-state index contributed by atoms with van der Waals surface area (Å²) in [6.07, 6.45) is 1.73. The lowest BCUT2D eigenvalue weighted by Crippen LogP contribution is -2.27. The van der Waals surface area contributed by atoms with Crippen LogP contribution in [-0.4, -0.2) is 16.8 Å². The van der Waals surface area contributed by atoms with Crippen molar-refractivity contribution >= 4 is 69.2 Å². The zero-order valence-electron chi connectivity index (χ0n) is 13.2. The fourth-order valence-corrected chi connectivity index (χ4v) is 4.06. The summed E-state index contributed by atoms with van der Waals surface area (Å²) in [5.41, 5.74) is 1.43. The molecule has 25 heavy (non-hydrogen) atoms. The van der Waals surface area contributed by atoms with Gasteiger partial charge in [-0.3, -0.25) is 9.69 Å². The molecule has 1 aliphatic heterocycles. The summed E-state index contributed by atoms with van der Waals surface area (Å²) >= 11 is 18.7. The molecular formula is C18H13Cl2NO2S2. The number of halogens is 2. The maximum Gasteiger partial charge on any atom is 0.270 e. The molecule has 0 unspecified atom stereocenters. The summed E-state index contributed by atoms with van der Waals surface area (Å²) in [6, 6.07) is 12.4. The Morgan fingerprint density at radius 3 is 2.56 bits per heavy atom. The topological polar surface area (TPSA) is 29.5 Å². The fourth-order valence-electron chi connectivity index (χ4n) is 2.31. The lowest BCUT2D eigenvalue weighted by atomic mass is 10.2. The average molecular weight is 410 g/mol. The number of ether oxygens (including phenoxy) is 1. The molecule has 0 radical (unpaired) electrons. The van der Waals surface area contributed by atoms with Gasteiger partial charge in [0.1, 0.15) is 5.75 Å². The van der Waals surface area contributed by atoms with Crippen LogP contribution in [0.3, 0.4) is 0 Å². The molecule has 1 amide bonds. The number of amides is 1. The SMILES string of the molecule is CCOc1ccc(N2C(=O)C(=Cc3ccc(Cl)cc3Cl)SC2=S)cc1. The zero-order valence-corrected chi connectivity index (χ0v) is 16.3. The van der Waals surface area contributed by atoms with Crippen molar-refractivity contribution in [1.82, 2.24) is 0 Å². The van der Waals surface area contributed by atoms with E-state index in [0.717, 1.165) is 11.3 Å². The van der Waals surface area contributed by atoms with Crippen molar-refractivity contribution in [2.24, 2.45) is 0 Å². The maximum absolute atomic E-state index is 12.8. The number of carbonyl (C=O) groups is 1. The predicted molar refractivity (Wildman–Crippen MR) is 110 cm³/mol. The molecule has 7 heteroatoms. The van der Waals surface area contributed by atoms with E-state index in [1.807, 2.05) is 31.2 Å². The number of anilines is 1. The van der Waals surface area contributed by atoms with Crippen LogP contribution in [0.5, 0.6) is 5.75 Å². The molecule has 3 nitrogen and oxygen atoms in total. The van der Waals surface area contributed by atoms with Crippen LogP contribution in [0.25, 0.3) is 6.08 Å². The summed E-state index contributed by atoms with van der Waals surface area (Å²) in [4.78, 5) is 14.8. The fraction of sp³-hybridized carbons (Fsp3) is 0.111. The Kier molecular flexibility index (Phi) is 5.69. The Bertz CT molecular complexity index is 866. The van der Waals surface area contributed by atoms with E-state index in [4.69, 9.17) is 40.2 Å². The van der Waals surface area contributed by atoms with Gasteiger partial charge in [-0.2, -0.15) is 0 Å². The second-order valence-electron chi connectivity index (χ2n) is 5.11. The summed E-state index contributed by atoms with van der Waals surface area (Å²) in [6.45, 7) is 2.51. The number of nitrogens with zero attached hydrogens (tertiary/aromatic N) is 1. The van der Waals surface area contributed by atoms with Crippen molar-refractivity contribution in [1.29, 1.82) is 0 Å². The van der Waals surface area contributed by atoms with Crippen LogP contribution in [0, 0.1) is 0 Å². The molecule has 0 atom stereocenters. The van der Waals surface area contributed by atoms with Gasteiger partial charge in [-0.25, -0.2) is 0 Å². The van der Waals surface area contributed by atoms with Gasteiger partial charge >= 0.3 is 0 Å². The molecule has 1 fully saturated rings. The minimum absolute atomic E-state index is 0.176. The van der Waals surface area contributed by atoms with Gasteiger partial charge in [-0.05, 0) is 55.0 Å². The second kappa shape index (κ2) is 7.79. The number of thiocarbonyl (C=S) groups is 1. The molecular weight excluding hydrogens is 397 g/mol. The summed E-state index contributed by atoms with van der Waals surface area (Å²) in [5, 5.41) is 1.03. The van der Waals surface area contributed by atoms with Gasteiger partial charge in [0.2, 0.25) is 0 Å². The van der Waals surface area contributed by atoms with Gasteiger partial charge in [0.15, 0.2) is 4.32 Å². The van der Waals surface area contributed by atoms with Gasteiger partial charge in [0.05, 0.1) is 17.2 Å². The van der Waals surface area contributed by atoms with E-state index in [2.05, 4.69) is 0 Å². The van der Waals surface area contributed by atoms with E-state index in [-0.39, 0.29) is 5.91 Å². The smallest absolute Gasteiger partial charge is 0.270 e. The highest BCUT2D eigenvalue weighted by atomic mass is 35.5. The van der Waals surface area contributed by atoms with Gasteiger partial charge in [-0.15, -0.1) is 0 Å². The van der Waals surface area contributed by atoms with Crippen LogP contribution in [0.2, 0.25) is 10.0 Å². The summed E-state index contributed by atoms with van der Waals surface area (Å²) < 4.78 is 5.90. The standard InChI is InChI=1S/C18H13Cl2NO2S2/c1-2-23-14-7-5-13(6-8-14)21-17(22)16(25-18(21)24)9-11-3-4-12(19)10-15(11)20/h3-10H,2H2,1H3. The molecule has 0 N–H and O–H groups in total. The monoisotopic (exact) mass is 409 g/mol. The lowest BCUT2D eigenvalue weighted by molar-refractivity contribution is -0.113. The van der Waals surface area contributed by atoms with Crippen LogP contribution in [-0.2, 0) is 4.79 Å². The summed E-state index contributed by atoms with van der Waals surface area (Å²) in [7, 11) is 0. The van der Waals surface area contributed by atoms with E-state index in [1.54, 1.807) is 24.3 Å². The van der Waals surface area contributed by atoms with Crippen molar-refractivity contribution in [3.8, 4) is 5.75 Å². The number of thioether (sulfide) groups is 1. The maximum atomic E-state index is 12.8. The Labute approximate surface area is 165 Å². The third kappa shape index (κ3) is 4.01. The van der Waals surface area contributed by atoms with Crippen LogP contribution in [0.4, 0.5) is 5.69 Å². The molecule has 0 spiro atoms. The van der Waals surface area contributed by atoms with Crippen molar-refractivity contribution in [3.63, 3.8) is 0 Å². The Hall–Kier alpha value is -1.53. The van der Waals surface area contributed by atoms with Crippen molar-refractivity contribution < 1.29 is 9.53 Å². The lowest BCUT2D eigenvalue weighted by Gasteiger charge is -2.15. The van der Waals surface area contributed by atoms with Crippen LogP contribution < -0.4 is 9.64 Å². The van der Waals surface area contributed by atoms with Crippen LogP contribution in [0.15, 0.2) is 47.4 Å². The van der Waals surface area contributed by atoms with E-state index in [9.17, 15) is 4.79 Å². The highest BCUT2D eigenvalue weighted by Gasteiger charge is 2.33. The molecule has 3 rings (SSSR count). The first-order chi connectivity index (χ1) is 12.0. The molecule has 2 aromatic carbocycles. The molecule has 0 bridgehead atoms.